The van der Waals surface area contributed by atoms with Crippen LogP contribution in [0.4, 0.5) is 5.69 Å². The number of aromatic nitrogens is 3. The lowest BCUT2D eigenvalue weighted by atomic mass is 9.93. The van der Waals surface area contributed by atoms with Crippen LogP contribution in [-0.2, 0) is 7.05 Å². The molecule has 142 valence electrons. The van der Waals surface area contributed by atoms with Crippen molar-refractivity contribution in [3.8, 4) is 11.8 Å². The Balaban J connectivity index is 1.58. The van der Waals surface area contributed by atoms with E-state index in [1.165, 1.54) is 18.5 Å². The molecule has 0 unspecified atom stereocenters. The zero-order valence-corrected chi connectivity index (χ0v) is 16.4. The van der Waals surface area contributed by atoms with Crippen molar-refractivity contribution in [3.63, 3.8) is 0 Å². The third kappa shape index (κ3) is 4.12. The Morgan fingerprint density at radius 2 is 1.89 bits per heavy atom. The van der Waals surface area contributed by atoms with Gasteiger partial charge in [-0.05, 0) is 38.0 Å². The monoisotopic (exact) mass is 384 g/mol. The molecule has 1 N–H and O–H groups in total. The van der Waals surface area contributed by atoms with Crippen LogP contribution in [0, 0.1) is 17.8 Å². The summed E-state index contributed by atoms with van der Waals surface area (Å²) in [7, 11) is 1.99. The third-order valence-corrected chi connectivity index (χ3v) is 5.83. The standard InChI is InChI=1S/C21H25ClN4O/c1-25-21(16-2-3-16)18(14-24-25)5-4-17-13-23-20(22)12-19(17)26-9-6-15(7-10-26)8-11-27/h12-16,27H,2-3,6-11H2,1H3. The zero-order valence-electron chi connectivity index (χ0n) is 15.7. The SMILES string of the molecule is Cn1ncc(C#Cc2cnc(Cl)cc2N2CCC(CCO)CC2)c1C1CC1. The normalized spacial score (nSPS) is 17.7. The van der Waals surface area contributed by atoms with Crippen LogP contribution in [-0.4, -0.2) is 39.6 Å². The number of halogens is 1. The van der Waals surface area contributed by atoms with Crippen LogP contribution in [0.2, 0.25) is 5.15 Å². The molecule has 4 rings (SSSR count). The number of hydrogen-bond donors (Lipinski definition) is 1. The number of nitrogens with zero attached hydrogens (tertiary/aromatic N) is 4. The molecule has 27 heavy (non-hydrogen) atoms. The molecular weight excluding hydrogens is 360 g/mol. The van der Waals surface area contributed by atoms with Gasteiger partial charge in [0.2, 0.25) is 0 Å². The van der Waals surface area contributed by atoms with Crippen LogP contribution in [0.25, 0.3) is 0 Å². The molecule has 0 bridgehead atoms. The van der Waals surface area contributed by atoms with Gasteiger partial charge in [-0.15, -0.1) is 0 Å². The first-order valence-corrected chi connectivity index (χ1v) is 10.1. The minimum Gasteiger partial charge on any atom is -0.396 e. The van der Waals surface area contributed by atoms with Crippen molar-refractivity contribution in [1.29, 1.82) is 0 Å². The molecule has 2 fully saturated rings. The molecule has 1 saturated carbocycles. The number of aliphatic hydroxyl groups is 1. The van der Waals surface area contributed by atoms with Crippen molar-refractivity contribution in [3.05, 3.63) is 40.4 Å². The van der Waals surface area contributed by atoms with Crippen molar-refractivity contribution in [2.75, 3.05) is 24.6 Å². The van der Waals surface area contributed by atoms with Gasteiger partial charge in [-0.2, -0.15) is 5.10 Å². The average Bonchev–Trinajstić information content (AvgIpc) is 3.44. The number of aryl methyl sites for hydroxylation is 1. The van der Waals surface area contributed by atoms with Crippen LogP contribution < -0.4 is 4.90 Å². The Labute approximate surface area is 165 Å². The molecule has 2 aliphatic rings. The Kier molecular flexibility index (Phi) is 5.38. The summed E-state index contributed by atoms with van der Waals surface area (Å²) in [6.45, 7) is 2.19. The summed E-state index contributed by atoms with van der Waals surface area (Å²) in [6.07, 6.45) is 9.16. The minimum atomic E-state index is 0.275. The zero-order chi connectivity index (χ0) is 18.8. The number of anilines is 1. The maximum absolute atomic E-state index is 9.16. The molecule has 1 aliphatic heterocycles. The summed E-state index contributed by atoms with van der Waals surface area (Å²) in [5.74, 6) is 7.86. The molecule has 6 heteroatoms. The number of pyridine rings is 1. The van der Waals surface area contributed by atoms with E-state index in [4.69, 9.17) is 16.7 Å². The summed E-state index contributed by atoms with van der Waals surface area (Å²) in [5.41, 5.74) is 4.23. The molecule has 0 spiro atoms. The van der Waals surface area contributed by atoms with E-state index in [0.29, 0.717) is 17.0 Å². The lowest BCUT2D eigenvalue weighted by molar-refractivity contribution is 0.240. The molecule has 0 atom stereocenters. The van der Waals surface area contributed by atoms with E-state index >= 15 is 0 Å². The van der Waals surface area contributed by atoms with Crippen molar-refractivity contribution < 1.29 is 5.11 Å². The second-order valence-electron chi connectivity index (χ2n) is 7.56. The molecule has 2 aromatic rings. The Bertz CT molecular complexity index is 870. The maximum Gasteiger partial charge on any atom is 0.131 e. The van der Waals surface area contributed by atoms with E-state index in [-0.39, 0.29) is 6.61 Å². The number of piperidine rings is 1. The van der Waals surface area contributed by atoms with Gasteiger partial charge in [0.15, 0.2) is 0 Å². The van der Waals surface area contributed by atoms with Gasteiger partial charge >= 0.3 is 0 Å². The minimum absolute atomic E-state index is 0.275. The highest BCUT2D eigenvalue weighted by Gasteiger charge is 2.29. The van der Waals surface area contributed by atoms with Crippen molar-refractivity contribution >= 4 is 17.3 Å². The van der Waals surface area contributed by atoms with Crippen molar-refractivity contribution in [2.45, 2.75) is 38.0 Å². The van der Waals surface area contributed by atoms with Gasteiger partial charge in [0.25, 0.3) is 0 Å². The van der Waals surface area contributed by atoms with Gasteiger partial charge in [-0.3, -0.25) is 4.68 Å². The van der Waals surface area contributed by atoms with Gasteiger partial charge in [0, 0.05) is 44.9 Å². The highest BCUT2D eigenvalue weighted by atomic mass is 35.5. The molecule has 0 aromatic carbocycles. The summed E-state index contributed by atoms with van der Waals surface area (Å²) < 4.78 is 1.95. The van der Waals surface area contributed by atoms with Crippen LogP contribution >= 0.6 is 11.6 Å². The summed E-state index contributed by atoms with van der Waals surface area (Å²) in [5, 5.41) is 14.0. The van der Waals surface area contributed by atoms with E-state index in [1.807, 2.05) is 24.0 Å². The van der Waals surface area contributed by atoms with Crippen molar-refractivity contribution in [2.24, 2.45) is 13.0 Å². The summed E-state index contributed by atoms with van der Waals surface area (Å²) in [6, 6.07) is 1.92. The summed E-state index contributed by atoms with van der Waals surface area (Å²) in [4.78, 5) is 6.59. The lowest BCUT2D eigenvalue weighted by Gasteiger charge is -2.34. The quantitative estimate of drug-likeness (QED) is 0.648. The number of aliphatic hydroxyl groups excluding tert-OH is 1. The first-order chi connectivity index (χ1) is 13.2. The van der Waals surface area contributed by atoms with Gasteiger partial charge in [-0.25, -0.2) is 4.98 Å². The predicted octanol–water partition coefficient (Wildman–Crippen LogP) is 3.34. The smallest absolute Gasteiger partial charge is 0.131 e. The molecule has 0 radical (unpaired) electrons. The molecule has 0 amide bonds. The maximum atomic E-state index is 9.16. The van der Waals surface area contributed by atoms with Crippen LogP contribution in [0.15, 0.2) is 18.5 Å². The largest absolute Gasteiger partial charge is 0.396 e. The molecule has 2 aromatic heterocycles. The lowest BCUT2D eigenvalue weighted by Crippen LogP contribution is -2.34. The van der Waals surface area contributed by atoms with Crippen molar-refractivity contribution in [1.82, 2.24) is 14.8 Å². The first kappa shape index (κ1) is 18.3. The highest BCUT2D eigenvalue weighted by Crippen LogP contribution is 2.41. The molecule has 5 nitrogen and oxygen atoms in total. The topological polar surface area (TPSA) is 54.2 Å². The fourth-order valence-corrected chi connectivity index (χ4v) is 4.09. The fraction of sp³-hybridized carbons (Fsp3) is 0.524. The molecule has 3 heterocycles. The number of hydrogen-bond acceptors (Lipinski definition) is 4. The van der Waals surface area contributed by atoms with Crippen LogP contribution in [0.5, 0.6) is 0 Å². The van der Waals surface area contributed by atoms with Gasteiger partial charge in [0.05, 0.1) is 28.7 Å². The van der Waals surface area contributed by atoms with E-state index in [9.17, 15) is 0 Å². The predicted molar refractivity (Wildman–Crippen MR) is 107 cm³/mol. The average molecular weight is 385 g/mol. The van der Waals surface area contributed by atoms with Crippen LogP contribution in [0.1, 0.15) is 54.8 Å². The van der Waals surface area contributed by atoms with E-state index in [1.54, 1.807) is 6.20 Å². The van der Waals surface area contributed by atoms with Gasteiger partial charge in [0.1, 0.15) is 5.15 Å². The first-order valence-electron chi connectivity index (χ1n) is 9.71. The third-order valence-electron chi connectivity index (χ3n) is 5.62. The van der Waals surface area contributed by atoms with E-state index in [2.05, 4.69) is 26.8 Å². The van der Waals surface area contributed by atoms with Crippen LogP contribution in [0.3, 0.4) is 0 Å². The molecule has 1 aliphatic carbocycles. The van der Waals surface area contributed by atoms with E-state index in [0.717, 1.165) is 49.2 Å². The second-order valence-corrected chi connectivity index (χ2v) is 7.95. The van der Waals surface area contributed by atoms with Gasteiger partial charge in [-0.1, -0.05) is 23.4 Å². The Hall–Kier alpha value is -2.03. The Morgan fingerprint density at radius 3 is 2.59 bits per heavy atom. The second kappa shape index (κ2) is 7.92. The van der Waals surface area contributed by atoms with Gasteiger partial charge < -0.3 is 10.0 Å². The Morgan fingerprint density at radius 1 is 1.15 bits per heavy atom. The number of rotatable bonds is 4. The highest BCUT2D eigenvalue weighted by molar-refractivity contribution is 6.29. The molecular formula is C21H25ClN4O. The fourth-order valence-electron chi connectivity index (χ4n) is 3.94. The molecule has 1 saturated heterocycles. The van der Waals surface area contributed by atoms with E-state index < -0.39 is 0 Å². The summed E-state index contributed by atoms with van der Waals surface area (Å²) >= 11 is 6.18.